The van der Waals surface area contributed by atoms with Gasteiger partial charge in [-0.05, 0) is 13.8 Å². The number of carbonyl (C=O) groups is 1. The first kappa shape index (κ1) is 16.0. The van der Waals surface area contributed by atoms with Crippen molar-refractivity contribution in [2.75, 3.05) is 0 Å². The number of thioether (sulfide) groups is 1. The van der Waals surface area contributed by atoms with Crippen molar-refractivity contribution in [2.45, 2.75) is 30.4 Å². The lowest BCUT2D eigenvalue weighted by molar-refractivity contribution is -0.139. The minimum atomic E-state index is -0.976. The Kier molecular flexibility index (Phi) is 5.03. The first-order valence-corrected chi connectivity index (χ1v) is 8.39. The standard InChI is InChI=1S/C15H18N2O2S2/c1-15(2,12(16)14(18)19)21-9-11-8-20-13(17-11)10-6-4-3-5-7-10/h3-8,12H,9,16H2,1-2H3,(H,18,19)/t12-/m1/s1. The number of thiazole rings is 1. The molecule has 0 amide bonds. The smallest absolute Gasteiger partial charge is 0.321 e. The summed E-state index contributed by atoms with van der Waals surface area (Å²) < 4.78 is -0.539. The molecule has 0 radical (unpaired) electrons. The van der Waals surface area contributed by atoms with Crippen LogP contribution < -0.4 is 5.73 Å². The van der Waals surface area contributed by atoms with Crippen LogP contribution in [0.2, 0.25) is 0 Å². The summed E-state index contributed by atoms with van der Waals surface area (Å²) in [5.74, 6) is -0.326. The Morgan fingerprint density at radius 3 is 2.71 bits per heavy atom. The molecule has 21 heavy (non-hydrogen) atoms. The third-order valence-electron chi connectivity index (χ3n) is 3.18. The molecule has 0 bridgehead atoms. The van der Waals surface area contributed by atoms with E-state index in [1.165, 1.54) is 11.8 Å². The molecule has 1 aromatic carbocycles. The van der Waals surface area contributed by atoms with E-state index in [0.29, 0.717) is 5.75 Å². The Hall–Kier alpha value is -1.37. The van der Waals surface area contributed by atoms with E-state index < -0.39 is 16.8 Å². The van der Waals surface area contributed by atoms with Crippen LogP contribution in [0.3, 0.4) is 0 Å². The molecule has 112 valence electrons. The zero-order chi connectivity index (χ0) is 15.5. The summed E-state index contributed by atoms with van der Waals surface area (Å²) >= 11 is 3.11. The topological polar surface area (TPSA) is 76.2 Å². The van der Waals surface area contributed by atoms with Gasteiger partial charge in [-0.1, -0.05) is 30.3 Å². The first-order chi connectivity index (χ1) is 9.90. The lowest BCUT2D eigenvalue weighted by Crippen LogP contribution is -2.46. The average molecular weight is 322 g/mol. The van der Waals surface area contributed by atoms with Crippen molar-refractivity contribution in [3.05, 3.63) is 41.4 Å². The quantitative estimate of drug-likeness (QED) is 0.854. The second-order valence-electron chi connectivity index (χ2n) is 5.22. The Labute approximate surface area is 132 Å². The molecule has 3 N–H and O–H groups in total. The molecule has 0 spiro atoms. The summed E-state index contributed by atoms with van der Waals surface area (Å²) in [5, 5.41) is 12.0. The van der Waals surface area contributed by atoms with Crippen LogP contribution >= 0.6 is 23.1 Å². The summed E-state index contributed by atoms with van der Waals surface area (Å²) in [4.78, 5) is 15.6. The maximum absolute atomic E-state index is 11.0. The first-order valence-electron chi connectivity index (χ1n) is 6.52. The van der Waals surface area contributed by atoms with Gasteiger partial charge in [0, 0.05) is 21.4 Å². The van der Waals surface area contributed by atoms with E-state index >= 15 is 0 Å². The minimum Gasteiger partial charge on any atom is -0.480 e. The fourth-order valence-corrected chi connectivity index (χ4v) is 3.61. The predicted octanol–water partition coefficient (Wildman–Crippen LogP) is 3.23. The number of hydrogen-bond donors (Lipinski definition) is 2. The summed E-state index contributed by atoms with van der Waals surface area (Å²) in [6.45, 7) is 3.70. The van der Waals surface area contributed by atoms with Crippen molar-refractivity contribution in [1.29, 1.82) is 0 Å². The number of carboxylic acid groups (broad SMARTS) is 1. The molecular weight excluding hydrogens is 304 g/mol. The Bertz CT molecular complexity index is 611. The molecule has 0 saturated carbocycles. The highest BCUT2D eigenvalue weighted by Gasteiger charge is 2.32. The minimum absolute atomic E-state index is 0.539. The van der Waals surface area contributed by atoms with Gasteiger partial charge < -0.3 is 10.8 Å². The average Bonchev–Trinajstić information content (AvgIpc) is 2.94. The van der Waals surface area contributed by atoms with Gasteiger partial charge in [0.25, 0.3) is 0 Å². The molecule has 1 aromatic heterocycles. The molecule has 0 fully saturated rings. The molecular formula is C15H18N2O2S2. The highest BCUT2D eigenvalue weighted by Crippen LogP contribution is 2.32. The molecule has 4 nitrogen and oxygen atoms in total. The van der Waals surface area contributed by atoms with Gasteiger partial charge in [0.2, 0.25) is 0 Å². The number of carboxylic acids is 1. The van der Waals surface area contributed by atoms with Crippen LogP contribution in [-0.4, -0.2) is 26.8 Å². The Balaban J connectivity index is 2.02. The molecule has 1 atom stereocenters. The van der Waals surface area contributed by atoms with Crippen LogP contribution in [0.5, 0.6) is 0 Å². The number of hydrogen-bond acceptors (Lipinski definition) is 5. The number of nitrogens with zero attached hydrogens (tertiary/aromatic N) is 1. The normalized spacial score (nSPS) is 13.1. The van der Waals surface area contributed by atoms with Crippen LogP contribution in [0.4, 0.5) is 0 Å². The molecule has 6 heteroatoms. The van der Waals surface area contributed by atoms with E-state index in [0.717, 1.165) is 16.3 Å². The van der Waals surface area contributed by atoms with E-state index in [1.54, 1.807) is 11.3 Å². The second-order valence-corrected chi connectivity index (χ2v) is 7.71. The number of aliphatic carboxylic acids is 1. The molecule has 0 saturated heterocycles. The number of nitrogens with two attached hydrogens (primary N) is 1. The second kappa shape index (κ2) is 6.60. The van der Waals surface area contributed by atoms with E-state index in [-0.39, 0.29) is 0 Å². The zero-order valence-electron chi connectivity index (χ0n) is 11.9. The maximum Gasteiger partial charge on any atom is 0.321 e. The largest absolute Gasteiger partial charge is 0.480 e. The van der Waals surface area contributed by atoms with E-state index in [9.17, 15) is 4.79 Å². The molecule has 0 aliphatic heterocycles. The fourth-order valence-electron chi connectivity index (χ4n) is 1.73. The molecule has 0 unspecified atom stereocenters. The van der Waals surface area contributed by atoms with Crippen molar-refractivity contribution >= 4 is 29.1 Å². The molecule has 1 heterocycles. The molecule has 2 rings (SSSR count). The van der Waals surface area contributed by atoms with Gasteiger partial charge in [-0.15, -0.1) is 23.1 Å². The zero-order valence-corrected chi connectivity index (χ0v) is 13.6. The fraction of sp³-hybridized carbons (Fsp3) is 0.333. The van der Waals surface area contributed by atoms with Crippen LogP contribution in [0.15, 0.2) is 35.7 Å². The van der Waals surface area contributed by atoms with Crippen molar-refractivity contribution in [3.63, 3.8) is 0 Å². The molecule has 0 aliphatic rings. The van der Waals surface area contributed by atoms with Crippen LogP contribution in [0.1, 0.15) is 19.5 Å². The van der Waals surface area contributed by atoms with Crippen molar-refractivity contribution in [1.82, 2.24) is 4.98 Å². The van der Waals surface area contributed by atoms with Crippen molar-refractivity contribution < 1.29 is 9.90 Å². The van der Waals surface area contributed by atoms with Crippen LogP contribution in [-0.2, 0) is 10.5 Å². The van der Waals surface area contributed by atoms with Gasteiger partial charge in [-0.25, -0.2) is 4.98 Å². The number of benzene rings is 1. The summed E-state index contributed by atoms with van der Waals surface area (Å²) in [6, 6.07) is 9.11. The summed E-state index contributed by atoms with van der Waals surface area (Å²) in [7, 11) is 0. The van der Waals surface area contributed by atoms with Crippen LogP contribution in [0.25, 0.3) is 10.6 Å². The van der Waals surface area contributed by atoms with Crippen LogP contribution in [0, 0.1) is 0 Å². The third kappa shape index (κ3) is 4.06. The highest BCUT2D eigenvalue weighted by molar-refractivity contribution is 7.99. The Morgan fingerprint density at radius 2 is 2.10 bits per heavy atom. The number of rotatable bonds is 6. The third-order valence-corrected chi connectivity index (χ3v) is 5.56. The lowest BCUT2D eigenvalue weighted by atomic mass is 10.1. The summed E-state index contributed by atoms with van der Waals surface area (Å²) in [5.41, 5.74) is 7.77. The predicted molar refractivity (Wildman–Crippen MR) is 88.5 cm³/mol. The molecule has 2 aromatic rings. The van der Waals surface area contributed by atoms with Crippen molar-refractivity contribution in [2.24, 2.45) is 5.73 Å². The van der Waals surface area contributed by atoms with E-state index in [4.69, 9.17) is 10.8 Å². The van der Waals surface area contributed by atoms with E-state index in [2.05, 4.69) is 4.98 Å². The number of aromatic nitrogens is 1. The van der Waals surface area contributed by atoms with Gasteiger partial charge in [0.05, 0.1) is 5.69 Å². The molecule has 0 aliphatic carbocycles. The summed E-state index contributed by atoms with van der Waals surface area (Å²) in [6.07, 6.45) is 0. The monoisotopic (exact) mass is 322 g/mol. The van der Waals surface area contributed by atoms with E-state index in [1.807, 2.05) is 49.6 Å². The van der Waals surface area contributed by atoms with Gasteiger partial charge >= 0.3 is 5.97 Å². The van der Waals surface area contributed by atoms with Gasteiger partial charge in [0.15, 0.2) is 0 Å². The lowest BCUT2D eigenvalue weighted by Gasteiger charge is -2.27. The highest BCUT2D eigenvalue weighted by atomic mass is 32.2. The Morgan fingerprint density at radius 1 is 1.43 bits per heavy atom. The van der Waals surface area contributed by atoms with Gasteiger partial charge in [-0.3, -0.25) is 4.79 Å². The SMILES string of the molecule is CC(C)(SCc1csc(-c2ccccc2)n1)[C@H](N)C(=O)O. The maximum atomic E-state index is 11.0. The van der Waals surface area contributed by atoms with Gasteiger partial charge in [-0.2, -0.15) is 0 Å². The van der Waals surface area contributed by atoms with Gasteiger partial charge in [0.1, 0.15) is 11.0 Å². The van der Waals surface area contributed by atoms with Crippen molar-refractivity contribution in [3.8, 4) is 10.6 Å².